The molecule has 1 aliphatic heterocycles. The molecule has 1 aliphatic rings. The van der Waals surface area contributed by atoms with Crippen LogP contribution in [0.2, 0.25) is 0 Å². The van der Waals surface area contributed by atoms with Crippen molar-refractivity contribution in [2.24, 2.45) is 0 Å². The molecule has 1 rings (SSSR count). The van der Waals surface area contributed by atoms with Crippen molar-refractivity contribution < 1.29 is 9.59 Å². The molecule has 0 atom stereocenters. The standard InChI is InChI=1S/C6H9NO2S/c1-5(9)10-6-2-7(3-6)4-8/h4,6H,2-3H2,1H3. The number of likely N-dealkylation sites (tertiary alicyclic amines) is 1. The fraction of sp³-hybridized carbons (Fsp3) is 0.667. The largest absolute Gasteiger partial charge is 0.343 e. The van der Waals surface area contributed by atoms with E-state index in [1.165, 1.54) is 11.8 Å². The zero-order chi connectivity index (χ0) is 7.56. The van der Waals surface area contributed by atoms with E-state index in [4.69, 9.17) is 0 Å². The van der Waals surface area contributed by atoms with Gasteiger partial charge in [-0.2, -0.15) is 0 Å². The van der Waals surface area contributed by atoms with Crippen LogP contribution in [0.15, 0.2) is 0 Å². The van der Waals surface area contributed by atoms with E-state index < -0.39 is 0 Å². The molecule has 0 bridgehead atoms. The van der Waals surface area contributed by atoms with Crippen molar-refractivity contribution in [2.75, 3.05) is 13.1 Å². The number of hydrogen-bond acceptors (Lipinski definition) is 3. The van der Waals surface area contributed by atoms with E-state index in [2.05, 4.69) is 0 Å². The first-order valence-electron chi connectivity index (χ1n) is 3.09. The lowest BCUT2D eigenvalue weighted by molar-refractivity contribution is -0.121. The Hall–Kier alpha value is -0.510. The number of hydrogen-bond donors (Lipinski definition) is 0. The van der Waals surface area contributed by atoms with Crippen LogP contribution >= 0.6 is 11.8 Å². The maximum Gasteiger partial charge on any atom is 0.209 e. The highest BCUT2D eigenvalue weighted by atomic mass is 32.2. The van der Waals surface area contributed by atoms with E-state index in [1.807, 2.05) is 0 Å². The van der Waals surface area contributed by atoms with Crippen LogP contribution in [-0.2, 0) is 9.59 Å². The van der Waals surface area contributed by atoms with Crippen molar-refractivity contribution in [1.82, 2.24) is 4.90 Å². The maximum atomic E-state index is 10.5. The highest BCUT2D eigenvalue weighted by molar-refractivity contribution is 8.14. The van der Waals surface area contributed by atoms with Crippen LogP contribution in [0.25, 0.3) is 0 Å². The first-order valence-corrected chi connectivity index (χ1v) is 3.97. The van der Waals surface area contributed by atoms with Crippen LogP contribution < -0.4 is 0 Å². The molecule has 1 amide bonds. The van der Waals surface area contributed by atoms with Gasteiger partial charge in [-0.25, -0.2) is 0 Å². The number of carbonyl (C=O) groups excluding carboxylic acids is 2. The summed E-state index contributed by atoms with van der Waals surface area (Å²) < 4.78 is 0. The van der Waals surface area contributed by atoms with E-state index in [0.717, 1.165) is 19.5 Å². The summed E-state index contributed by atoms with van der Waals surface area (Å²) in [5.41, 5.74) is 0. The Morgan fingerprint density at radius 2 is 2.30 bits per heavy atom. The maximum absolute atomic E-state index is 10.5. The average molecular weight is 159 g/mol. The SMILES string of the molecule is CC(=O)SC1CN(C=O)C1. The molecule has 3 nitrogen and oxygen atoms in total. The zero-order valence-electron chi connectivity index (χ0n) is 5.74. The number of nitrogens with zero attached hydrogens (tertiary/aromatic N) is 1. The van der Waals surface area contributed by atoms with Crippen LogP contribution in [-0.4, -0.2) is 34.8 Å². The van der Waals surface area contributed by atoms with Gasteiger partial charge in [0.15, 0.2) is 5.12 Å². The summed E-state index contributed by atoms with van der Waals surface area (Å²) in [6.07, 6.45) is 0.817. The van der Waals surface area contributed by atoms with Crippen molar-refractivity contribution in [3.8, 4) is 0 Å². The smallest absolute Gasteiger partial charge is 0.209 e. The molecule has 0 saturated carbocycles. The fourth-order valence-corrected chi connectivity index (χ4v) is 1.87. The molecule has 56 valence electrons. The monoisotopic (exact) mass is 159 g/mol. The van der Waals surface area contributed by atoms with E-state index in [9.17, 15) is 9.59 Å². The molecule has 4 heteroatoms. The van der Waals surface area contributed by atoms with Crippen molar-refractivity contribution in [3.05, 3.63) is 0 Å². The normalized spacial score (nSPS) is 18.3. The Morgan fingerprint density at radius 3 is 2.70 bits per heavy atom. The Morgan fingerprint density at radius 1 is 1.70 bits per heavy atom. The third-order valence-electron chi connectivity index (χ3n) is 1.36. The molecule has 0 spiro atoms. The predicted molar refractivity (Wildman–Crippen MR) is 39.7 cm³/mol. The number of carbonyl (C=O) groups is 2. The van der Waals surface area contributed by atoms with Gasteiger partial charge in [0.25, 0.3) is 0 Å². The summed E-state index contributed by atoms with van der Waals surface area (Å²) in [5.74, 6) is 0. The first kappa shape index (κ1) is 7.60. The Kier molecular flexibility index (Phi) is 2.32. The lowest BCUT2D eigenvalue weighted by Crippen LogP contribution is -2.48. The van der Waals surface area contributed by atoms with Crippen LogP contribution in [0.4, 0.5) is 0 Å². The zero-order valence-corrected chi connectivity index (χ0v) is 6.56. The quantitative estimate of drug-likeness (QED) is 0.536. The van der Waals surface area contributed by atoms with Gasteiger partial charge in [0.1, 0.15) is 0 Å². The van der Waals surface area contributed by atoms with Crippen molar-refractivity contribution in [3.63, 3.8) is 0 Å². The molecule has 1 heterocycles. The van der Waals surface area contributed by atoms with Gasteiger partial charge in [-0.05, 0) is 0 Å². The van der Waals surface area contributed by atoms with E-state index >= 15 is 0 Å². The van der Waals surface area contributed by atoms with Gasteiger partial charge in [0, 0.05) is 25.3 Å². The van der Waals surface area contributed by atoms with Gasteiger partial charge in [-0.1, -0.05) is 11.8 Å². The highest BCUT2D eigenvalue weighted by Gasteiger charge is 2.26. The summed E-state index contributed by atoms with van der Waals surface area (Å²) in [6, 6.07) is 0. The third kappa shape index (κ3) is 1.73. The molecule has 0 unspecified atom stereocenters. The molecule has 0 radical (unpaired) electrons. The fourth-order valence-electron chi connectivity index (χ4n) is 0.865. The van der Waals surface area contributed by atoms with Crippen molar-refractivity contribution in [1.29, 1.82) is 0 Å². The predicted octanol–water partition coefficient (Wildman–Crippen LogP) is 0.107. The molecule has 0 N–H and O–H groups in total. The van der Waals surface area contributed by atoms with Gasteiger partial charge in [0.2, 0.25) is 6.41 Å². The molecular weight excluding hydrogens is 150 g/mol. The van der Waals surface area contributed by atoms with Gasteiger partial charge >= 0.3 is 0 Å². The molecule has 0 aromatic rings. The minimum Gasteiger partial charge on any atom is -0.343 e. The summed E-state index contributed by atoms with van der Waals surface area (Å²) in [7, 11) is 0. The average Bonchev–Trinajstić information content (AvgIpc) is 1.76. The third-order valence-corrected chi connectivity index (χ3v) is 2.32. The molecular formula is C6H9NO2S. The summed E-state index contributed by atoms with van der Waals surface area (Å²) >= 11 is 1.32. The van der Waals surface area contributed by atoms with Crippen LogP contribution in [0.1, 0.15) is 6.92 Å². The Bertz CT molecular complexity index is 154. The lowest BCUT2D eigenvalue weighted by atomic mass is 10.2. The molecule has 1 saturated heterocycles. The van der Waals surface area contributed by atoms with Gasteiger partial charge in [-0.3, -0.25) is 9.59 Å². The highest BCUT2D eigenvalue weighted by Crippen LogP contribution is 2.20. The van der Waals surface area contributed by atoms with E-state index in [0.29, 0.717) is 5.25 Å². The van der Waals surface area contributed by atoms with Crippen molar-refractivity contribution >= 4 is 23.3 Å². The molecule has 10 heavy (non-hydrogen) atoms. The second-order valence-electron chi connectivity index (χ2n) is 2.29. The first-order chi connectivity index (χ1) is 4.72. The molecule has 0 aromatic heterocycles. The second kappa shape index (κ2) is 3.05. The minimum atomic E-state index is 0.135. The molecule has 0 aliphatic carbocycles. The van der Waals surface area contributed by atoms with Crippen LogP contribution in [0.3, 0.4) is 0 Å². The van der Waals surface area contributed by atoms with E-state index in [1.54, 1.807) is 11.8 Å². The number of amides is 1. The molecule has 0 aromatic carbocycles. The minimum absolute atomic E-state index is 0.135. The Balaban J connectivity index is 2.14. The number of thioether (sulfide) groups is 1. The second-order valence-corrected chi connectivity index (χ2v) is 3.77. The molecule has 1 fully saturated rings. The van der Waals surface area contributed by atoms with Gasteiger partial charge < -0.3 is 4.90 Å². The van der Waals surface area contributed by atoms with Gasteiger partial charge in [-0.15, -0.1) is 0 Å². The Labute approximate surface area is 63.8 Å². The summed E-state index contributed by atoms with van der Waals surface area (Å²) in [6.45, 7) is 3.01. The van der Waals surface area contributed by atoms with Crippen LogP contribution in [0.5, 0.6) is 0 Å². The number of rotatable bonds is 2. The topological polar surface area (TPSA) is 37.4 Å². The summed E-state index contributed by atoms with van der Waals surface area (Å²) in [4.78, 5) is 22.2. The lowest BCUT2D eigenvalue weighted by Gasteiger charge is -2.34. The van der Waals surface area contributed by atoms with Crippen LogP contribution in [0, 0.1) is 0 Å². The summed E-state index contributed by atoms with van der Waals surface area (Å²) in [5, 5.41) is 0.484. The van der Waals surface area contributed by atoms with Gasteiger partial charge in [0.05, 0.1) is 0 Å². The van der Waals surface area contributed by atoms with Crippen molar-refractivity contribution in [2.45, 2.75) is 12.2 Å². The van der Waals surface area contributed by atoms with E-state index in [-0.39, 0.29) is 5.12 Å².